The molecular weight excluding hydrogens is 306 g/mol. The van der Waals surface area contributed by atoms with E-state index in [4.69, 9.17) is 0 Å². The highest BCUT2D eigenvalue weighted by Crippen LogP contribution is 2.32. The molecule has 2 aromatic heterocycles. The molecule has 1 aromatic carbocycles. The molecule has 1 aliphatic rings. The molecule has 7 heteroatoms. The number of anilines is 1. The first-order chi connectivity index (χ1) is 11.7. The minimum absolute atomic E-state index is 0.0425. The van der Waals surface area contributed by atoms with Crippen molar-refractivity contribution >= 4 is 11.5 Å². The summed E-state index contributed by atoms with van der Waals surface area (Å²) in [5.41, 5.74) is 3.46. The molecule has 3 heterocycles. The van der Waals surface area contributed by atoms with Gasteiger partial charge >= 0.3 is 0 Å². The molecule has 0 amide bonds. The molecule has 0 bridgehead atoms. The van der Waals surface area contributed by atoms with Crippen molar-refractivity contribution in [1.29, 1.82) is 0 Å². The molecule has 0 radical (unpaired) electrons. The van der Waals surface area contributed by atoms with Gasteiger partial charge in [-0.25, -0.2) is 4.68 Å². The van der Waals surface area contributed by atoms with E-state index in [2.05, 4.69) is 15.4 Å². The fourth-order valence-electron chi connectivity index (χ4n) is 3.03. The van der Waals surface area contributed by atoms with Gasteiger partial charge in [0.1, 0.15) is 11.5 Å². The lowest BCUT2D eigenvalue weighted by Crippen LogP contribution is -2.07. The zero-order valence-electron chi connectivity index (χ0n) is 12.8. The summed E-state index contributed by atoms with van der Waals surface area (Å²) in [4.78, 5) is 15.3. The van der Waals surface area contributed by atoms with E-state index >= 15 is 0 Å². The number of nitro groups is 1. The molecule has 0 saturated carbocycles. The van der Waals surface area contributed by atoms with Crippen LogP contribution in [0.5, 0.6) is 0 Å². The van der Waals surface area contributed by atoms with Crippen LogP contribution in [0.1, 0.15) is 17.0 Å². The molecule has 0 spiro atoms. The van der Waals surface area contributed by atoms with Crippen LogP contribution in [0.2, 0.25) is 0 Å². The van der Waals surface area contributed by atoms with Crippen LogP contribution < -0.4 is 5.32 Å². The number of nitro benzene ring substituents is 1. The molecule has 0 aliphatic carbocycles. The highest BCUT2D eigenvalue weighted by Gasteiger charge is 2.26. The van der Waals surface area contributed by atoms with Crippen LogP contribution in [-0.4, -0.2) is 26.2 Å². The van der Waals surface area contributed by atoms with E-state index in [1.807, 2.05) is 18.2 Å². The standard InChI is InChI=1S/C17H15N5O2/c23-22(24)16-7-2-1-6-15(16)21-17-13(8-10-19-17)14(20-21)11-12-5-3-4-9-18-12/h1-7,9,19H,8,10-11H2. The fraction of sp³-hybridized carbons (Fsp3) is 0.176. The largest absolute Gasteiger partial charge is 0.369 e. The minimum atomic E-state index is -0.378. The summed E-state index contributed by atoms with van der Waals surface area (Å²) in [6.07, 6.45) is 3.23. The summed E-state index contributed by atoms with van der Waals surface area (Å²) in [7, 11) is 0. The van der Waals surface area contributed by atoms with Crippen molar-refractivity contribution in [3.63, 3.8) is 0 Å². The van der Waals surface area contributed by atoms with Gasteiger partial charge in [-0.05, 0) is 24.6 Å². The normalized spacial score (nSPS) is 12.7. The van der Waals surface area contributed by atoms with Crippen molar-refractivity contribution in [3.8, 4) is 5.69 Å². The average molecular weight is 321 g/mol. The maximum absolute atomic E-state index is 11.3. The predicted molar refractivity (Wildman–Crippen MR) is 89.5 cm³/mol. The highest BCUT2D eigenvalue weighted by molar-refractivity contribution is 5.62. The second kappa shape index (κ2) is 5.77. The van der Waals surface area contributed by atoms with Crippen LogP contribution >= 0.6 is 0 Å². The van der Waals surface area contributed by atoms with E-state index in [0.717, 1.165) is 35.7 Å². The van der Waals surface area contributed by atoms with Crippen molar-refractivity contribution in [2.45, 2.75) is 12.8 Å². The van der Waals surface area contributed by atoms with Crippen LogP contribution in [0, 0.1) is 10.1 Å². The Morgan fingerprint density at radius 2 is 2.04 bits per heavy atom. The van der Waals surface area contributed by atoms with E-state index in [-0.39, 0.29) is 10.6 Å². The van der Waals surface area contributed by atoms with E-state index in [1.54, 1.807) is 29.1 Å². The van der Waals surface area contributed by atoms with Gasteiger partial charge in [-0.3, -0.25) is 15.1 Å². The van der Waals surface area contributed by atoms with Gasteiger partial charge in [-0.1, -0.05) is 18.2 Å². The molecule has 120 valence electrons. The summed E-state index contributed by atoms with van der Waals surface area (Å²) in [6.45, 7) is 0.809. The van der Waals surface area contributed by atoms with Gasteiger partial charge in [0.25, 0.3) is 5.69 Å². The van der Waals surface area contributed by atoms with E-state index in [9.17, 15) is 10.1 Å². The van der Waals surface area contributed by atoms with Gasteiger partial charge in [0.2, 0.25) is 0 Å². The number of fused-ring (bicyclic) bond motifs is 1. The van der Waals surface area contributed by atoms with Gasteiger partial charge in [0.05, 0.1) is 10.6 Å². The highest BCUT2D eigenvalue weighted by atomic mass is 16.6. The van der Waals surface area contributed by atoms with E-state index in [1.165, 1.54) is 6.07 Å². The molecule has 0 atom stereocenters. The molecular formula is C17H15N5O2. The number of hydrogen-bond acceptors (Lipinski definition) is 5. The number of pyridine rings is 1. The Morgan fingerprint density at radius 3 is 2.83 bits per heavy atom. The second-order valence-electron chi connectivity index (χ2n) is 5.61. The molecule has 7 nitrogen and oxygen atoms in total. The predicted octanol–water partition coefficient (Wildman–Crippen LogP) is 2.73. The van der Waals surface area contributed by atoms with Crippen LogP contribution in [0.25, 0.3) is 5.69 Å². The quantitative estimate of drug-likeness (QED) is 0.590. The number of nitrogens with zero attached hydrogens (tertiary/aromatic N) is 4. The van der Waals surface area contributed by atoms with Crippen LogP contribution in [0.4, 0.5) is 11.5 Å². The van der Waals surface area contributed by atoms with E-state index < -0.39 is 0 Å². The molecule has 1 aliphatic heterocycles. The Kier molecular flexibility index (Phi) is 3.45. The van der Waals surface area contributed by atoms with Crippen LogP contribution in [0.3, 0.4) is 0 Å². The molecule has 1 N–H and O–H groups in total. The minimum Gasteiger partial charge on any atom is -0.369 e. The number of rotatable bonds is 4. The SMILES string of the molecule is O=[N+]([O-])c1ccccc1-n1nc(Cc2ccccn2)c2c1NCC2. The Bertz CT molecular complexity index is 905. The van der Waals surface area contributed by atoms with Gasteiger partial charge in [-0.2, -0.15) is 5.10 Å². The number of para-hydroxylation sites is 2. The molecule has 0 unspecified atom stereocenters. The Morgan fingerprint density at radius 1 is 1.21 bits per heavy atom. The lowest BCUT2D eigenvalue weighted by molar-refractivity contribution is -0.384. The van der Waals surface area contributed by atoms with E-state index in [0.29, 0.717) is 12.1 Å². The average Bonchev–Trinajstić information content (AvgIpc) is 3.20. The maximum atomic E-state index is 11.3. The van der Waals surface area contributed by atoms with Crippen molar-refractivity contribution in [3.05, 3.63) is 75.7 Å². The Labute approximate surface area is 138 Å². The van der Waals surface area contributed by atoms with Crippen molar-refractivity contribution < 1.29 is 4.92 Å². The zero-order chi connectivity index (χ0) is 16.5. The summed E-state index contributed by atoms with van der Waals surface area (Å²) in [6, 6.07) is 12.4. The number of hydrogen-bond donors (Lipinski definition) is 1. The first kappa shape index (κ1) is 14.4. The Balaban J connectivity index is 1.81. The maximum Gasteiger partial charge on any atom is 0.294 e. The van der Waals surface area contributed by atoms with Crippen molar-refractivity contribution in [2.24, 2.45) is 0 Å². The summed E-state index contributed by atoms with van der Waals surface area (Å²) >= 11 is 0. The van der Waals surface area contributed by atoms with Gasteiger partial charge in [0.15, 0.2) is 0 Å². The second-order valence-corrected chi connectivity index (χ2v) is 5.61. The van der Waals surface area contributed by atoms with Crippen molar-refractivity contribution in [1.82, 2.24) is 14.8 Å². The summed E-state index contributed by atoms with van der Waals surface area (Å²) in [5, 5.41) is 19.3. The van der Waals surface area contributed by atoms with Gasteiger partial charge < -0.3 is 5.32 Å². The van der Waals surface area contributed by atoms with Crippen molar-refractivity contribution in [2.75, 3.05) is 11.9 Å². The topological polar surface area (TPSA) is 85.9 Å². The number of nitrogens with one attached hydrogen (secondary N) is 1. The molecule has 24 heavy (non-hydrogen) atoms. The van der Waals surface area contributed by atoms with Crippen LogP contribution in [-0.2, 0) is 12.8 Å². The van der Waals surface area contributed by atoms with Gasteiger partial charge in [0, 0.05) is 36.5 Å². The summed E-state index contributed by atoms with van der Waals surface area (Å²) < 4.78 is 1.65. The monoisotopic (exact) mass is 321 g/mol. The van der Waals surface area contributed by atoms with Crippen LogP contribution in [0.15, 0.2) is 48.7 Å². The lowest BCUT2D eigenvalue weighted by atomic mass is 10.1. The molecule has 3 aromatic rings. The van der Waals surface area contributed by atoms with Gasteiger partial charge in [-0.15, -0.1) is 0 Å². The third-order valence-corrected chi connectivity index (χ3v) is 4.12. The fourth-order valence-corrected chi connectivity index (χ4v) is 3.03. The third-order valence-electron chi connectivity index (χ3n) is 4.12. The first-order valence-electron chi connectivity index (χ1n) is 7.72. The third kappa shape index (κ3) is 2.40. The molecule has 0 saturated heterocycles. The zero-order valence-corrected chi connectivity index (χ0v) is 12.8. The molecule has 4 rings (SSSR count). The molecule has 0 fully saturated rings. The smallest absolute Gasteiger partial charge is 0.294 e. The number of benzene rings is 1. The first-order valence-corrected chi connectivity index (χ1v) is 7.72. The Hall–Kier alpha value is -3.22. The summed E-state index contributed by atoms with van der Waals surface area (Å²) in [5.74, 6) is 0.843. The number of aromatic nitrogens is 3. The lowest BCUT2D eigenvalue weighted by Gasteiger charge is -2.06.